The molecule has 122 valence electrons. The Morgan fingerprint density at radius 1 is 1.57 bits per heavy atom. The third-order valence-electron chi connectivity index (χ3n) is 4.98. The number of hydrogen-bond donors (Lipinski definition) is 1. The molecular formula is C17H21N3O3. The van der Waals surface area contributed by atoms with E-state index in [2.05, 4.69) is 11.1 Å². The second kappa shape index (κ2) is 5.82. The van der Waals surface area contributed by atoms with Crippen LogP contribution in [0.5, 0.6) is 5.75 Å². The summed E-state index contributed by atoms with van der Waals surface area (Å²) in [6.07, 6.45) is 4.04. The van der Waals surface area contributed by atoms with E-state index in [4.69, 9.17) is 10.00 Å². The molecule has 3 rings (SSSR count). The van der Waals surface area contributed by atoms with Gasteiger partial charge in [-0.1, -0.05) is 13.8 Å². The minimum Gasteiger partial charge on any atom is -0.490 e. The molecule has 0 saturated heterocycles. The number of nitrogens with zero attached hydrogens (tertiary/aromatic N) is 3. The highest BCUT2D eigenvalue weighted by Crippen LogP contribution is 2.51. The average Bonchev–Trinajstić information content (AvgIpc) is 3.35. The van der Waals surface area contributed by atoms with E-state index in [9.17, 15) is 9.90 Å². The van der Waals surface area contributed by atoms with Crippen LogP contribution >= 0.6 is 0 Å². The molecule has 0 radical (unpaired) electrons. The van der Waals surface area contributed by atoms with Gasteiger partial charge in [0.2, 0.25) is 5.91 Å². The van der Waals surface area contributed by atoms with Crippen molar-refractivity contribution in [3.8, 4) is 11.8 Å². The minimum atomic E-state index is -0.502. The molecule has 0 aromatic carbocycles. The molecule has 0 spiro atoms. The van der Waals surface area contributed by atoms with Crippen LogP contribution in [0.3, 0.4) is 0 Å². The highest BCUT2D eigenvalue weighted by atomic mass is 16.5. The van der Waals surface area contributed by atoms with E-state index in [1.165, 1.54) is 6.20 Å². The van der Waals surface area contributed by atoms with E-state index in [1.54, 1.807) is 11.1 Å². The van der Waals surface area contributed by atoms with Crippen LogP contribution in [0.2, 0.25) is 0 Å². The zero-order chi connectivity index (χ0) is 16.6. The first-order chi connectivity index (χ1) is 11.0. The van der Waals surface area contributed by atoms with E-state index in [0.717, 1.165) is 12.0 Å². The number of pyridine rings is 1. The SMILES string of the molecule is CC(C)(C(=O)N1CCOc2c(C#N)cncc2C1)C1CC1CO. The number of aliphatic hydroxyl groups is 1. The van der Waals surface area contributed by atoms with Crippen LogP contribution < -0.4 is 4.74 Å². The quantitative estimate of drug-likeness (QED) is 0.909. The van der Waals surface area contributed by atoms with E-state index in [-0.39, 0.29) is 24.3 Å². The smallest absolute Gasteiger partial charge is 0.228 e. The number of carbonyl (C=O) groups excluding carboxylic acids is 1. The van der Waals surface area contributed by atoms with Crippen molar-refractivity contribution in [2.45, 2.75) is 26.8 Å². The third kappa shape index (κ3) is 2.77. The number of carbonyl (C=O) groups is 1. The van der Waals surface area contributed by atoms with Gasteiger partial charge in [-0.05, 0) is 18.3 Å². The average molecular weight is 315 g/mol. The minimum absolute atomic E-state index is 0.0669. The molecule has 1 N–H and O–H groups in total. The maximum Gasteiger partial charge on any atom is 0.228 e. The summed E-state index contributed by atoms with van der Waals surface area (Å²) < 4.78 is 5.69. The van der Waals surface area contributed by atoms with Crippen LogP contribution in [0.1, 0.15) is 31.4 Å². The van der Waals surface area contributed by atoms with Crippen LogP contribution in [0.15, 0.2) is 12.4 Å². The van der Waals surface area contributed by atoms with Gasteiger partial charge in [0.05, 0.1) is 13.1 Å². The highest BCUT2D eigenvalue weighted by molar-refractivity contribution is 5.83. The third-order valence-corrected chi connectivity index (χ3v) is 4.98. The number of hydrogen-bond acceptors (Lipinski definition) is 5. The van der Waals surface area contributed by atoms with Crippen molar-refractivity contribution in [1.29, 1.82) is 5.26 Å². The fourth-order valence-corrected chi connectivity index (χ4v) is 3.47. The summed E-state index contributed by atoms with van der Waals surface area (Å²) in [4.78, 5) is 18.8. The Hall–Kier alpha value is -2.13. The molecule has 6 nitrogen and oxygen atoms in total. The number of aliphatic hydroxyl groups excluding tert-OH is 1. The lowest BCUT2D eigenvalue weighted by Crippen LogP contribution is -2.43. The summed E-state index contributed by atoms with van der Waals surface area (Å²) in [6, 6.07) is 2.08. The Balaban J connectivity index is 1.81. The van der Waals surface area contributed by atoms with Gasteiger partial charge < -0.3 is 14.7 Å². The van der Waals surface area contributed by atoms with Crippen LogP contribution in [0.4, 0.5) is 0 Å². The van der Waals surface area contributed by atoms with Gasteiger partial charge in [0.15, 0.2) is 0 Å². The Morgan fingerprint density at radius 3 is 3.00 bits per heavy atom. The summed E-state index contributed by atoms with van der Waals surface area (Å²) in [5, 5.41) is 18.4. The van der Waals surface area contributed by atoms with Gasteiger partial charge in [-0.15, -0.1) is 0 Å². The van der Waals surface area contributed by atoms with Crippen molar-refractivity contribution in [2.75, 3.05) is 19.8 Å². The maximum atomic E-state index is 13.0. The normalized spacial score (nSPS) is 23.3. The largest absolute Gasteiger partial charge is 0.490 e. The molecule has 2 heterocycles. The lowest BCUT2D eigenvalue weighted by molar-refractivity contribution is -0.142. The Bertz CT molecular complexity index is 666. The number of amides is 1. The van der Waals surface area contributed by atoms with E-state index < -0.39 is 5.41 Å². The Morgan fingerprint density at radius 2 is 2.35 bits per heavy atom. The molecule has 1 amide bonds. The first kappa shape index (κ1) is 15.8. The lowest BCUT2D eigenvalue weighted by Gasteiger charge is -2.31. The van der Waals surface area contributed by atoms with Gasteiger partial charge in [-0.25, -0.2) is 0 Å². The first-order valence-electron chi connectivity index (χ1n) is 7.89. The van der Waals surface area contributed by atoms with E-state index in [0.29, 0.717) is 31.0 Å². The first-order valence-corrected chi connectivity index (χ1v) is 7.89. The predicted octanol–water partition coefficient (Wildman–Crippen LogP) is 1.33. The molecular weight excluding hydrogens is 294 g/mol. The maximum absolute atomic E-state index is 13.0. The van der Waals surface area contributed by atoms with Crippen molar-refractivity contribution >= 4 is 5.91 Å². The van der Waals surface area contributed by atoms with Crippen molar-refractivity contribution in [3.63, 3.8) is 0 Å². The fourth-order valence-electron chi connectivity index (χ4n) is 3.47. The summed E-state index contributed by atoms with van der Waals surface area (Å²) >= 11 is 0. The number of aromatic nitrogens is 1. The van der Waals surface area contributed by atoms with Crippen LogP contribution in [0, 0.1) is 28.6 Å². The standard InChI is InChI=1S/C17H21N3O3/c1-17(2,14-5-11(14)10-21)16(22)20-3-4-23-15-12(6-18)7-19-8-13(15)9-20/h7-8,11,14,21H,3-5,9-10H2,1-2H3. The summed E-state index contributed by atoms with van der Waals surface area (Å²) in [6.45, 7) is 5.29. The second-order valence-electron chi connectivity index (χ2n) is 6.87. The van der Waals surface area contributed by atoms with Crippen molar-refractivity contribution in [3.05, 3.63) is 23.5 Å². The molecule has 23 heavy (non-hydrogen) atoms. The molecule has 2 aliphatic rings. The number of rotatable bonds is 3. The van der Waals surface area contributed by atoms with E-state index in [1.807, 2.05) is 13.8 Å². The number of fused-ring (bicyclic) bond motifs is 1. The van der Waals surface area contributed by atoms with Gasteiger partial charge in [0.25, 0.3) is 0 Å². The number of ether oxygens (including phenoxy) is 1. The summed E-state index contributed by atoms with van der Waals surface area (Å²) in [5.74, 6) is 1.07. The zero-order valence-electron chi connectivity index (χ0n) is 13.5. The molecule has 6 heteroatoms. The van der Waals surface area contributed by atoms with E-state index >= 15 is 0 Å². The van der Waals surface area contributed by atoms with Gasteiger partial charge >= 0.3 is 0 Å². The van der Waals surface area contributed by atoms with Crippen LogP contribution in [-0.2, 0) is 11.3 Å². The molecule has 1 saturated carbocycles. The topological polar surface area (TPSA) is 86.5 Å². The van der Waals surface area contributed by atoms with Gasteiger partial charge in [-0.3, -0.25) is 9.78 Å². The van der Waals surface area contributed by atoms with Crippen LogP contribution in [-0.4, -0.2) is 40.7 Å². The molecule has 2 unspecified atom stereocenters. The van der Waals surface area contributed by atoms with Crippen molar-refractivity contribution in [1.82, 2.24) is 9.88 Å². The molecule has 1 aliphatic heterocycles. The second-order valence-corrected chi connectivity index (χ2v) is 6.87. The molecule has 1 aromatic heterocycles. The number of nitriles is 1. The monoisotopic (exact) mass is 315 g/mol. The molecule has 0 bridgehead atoms. The molecule has 2 atom stereocenters. The predicted molar refractivity (Wildman–Crippen MR) is 82.3 cm³/mol. The van der Waals surface area contributed by atoms with Gasteiger partial charge in [-0.2, -0.15) is 5.26 Å². The van der Waals surface area contributed by atoms with Crippen LogP contribution in [0.25, 0.3) is 0 Å². The Labute approximate surface area is 135 Å². The molecule has 1 aromatic rings. The molecule has 1 fully saturated rings. The van der Waals surface area contributed by atoms with Gasteiger partial charge in [0, 0.05) is 30.0 Å². The fraction of sp³-hybridized carbons (Fsp3) is 0.588. The zero-order valence-corrected chi connectivity index (χ0v) is 13.5. The van der Waals surface area contributed by atoms with Crippen molar-refractivity contribution < 1.29 is 14.6 Å². The summed E-state index contributed by atoms with van der Waals surface area (Å²) in [5.41, 5.74) is 0.664. The molecule has 1 aliphatic carbocycles. The summed E-state index contributed by atoms with van der Waals surface area (Å²) in [7, 11) is 0. The lowest BCUT2D eigenvalue weighted by atomic mass is 9.84. The Kier molecular flexibility index (Phi) is 3.99. The highest BCUT2D eigenvalue weighted by Gasteiger charge is 2.52. The van der Waals surface area contributed by atoms with Crippen molar-refractivity contribution in [2.24, 2.45) is 17.3 Å². The van der Waals surface area contributed by atoms with Gasteiger partial charge in [0.1, 0.15) is 24.0 Å².